The van der Waals surface area contributed by atoms with E-state index in [9.17, 15) is 8.42 Å². The van der Waals surface area contributed by atoms with Gasteiger partial charge in [0.25, 0.3) is 0 Å². The van der Waals surface area contributed by atoms with Gasteiger partial charge in [0, 0.05) is 25.8 Å². The first-order chi connectivity index (χ1) is 8.93. The number of rotatable bonds is 4. The maximum atomic E-state index is 11.5. The molecule has 1 aromatic heterocycles. The molecule has 106 valence electrons. The van der Waals surface area contributed by atoms with Crippen molar-refractivity contribution in [3.05, 3.63) is 10.7 Å². The Morgan fingerprint density at radius 1 is 1.58 bits per heavy atom. The molecule has 2 rings (SSSR count). The number of sulfone groups is 1. The van der Waals surface area contributed by atoms with Crippen molar-refractivity contribution >= 4 is 37.5 Å². The number of hydrogen-bond acceptors (Lipinski definition) is 6. The Morgan fingerprint density at radius 2 is 2.32 bits per heavy atom. The Kier molecular flexibility index (Phi) is 4.29. The summed E-state index contributed by atoms with van der Waals surface area (Å²) in [4.78, 5) is 10.5. The third-order valence-electron chi connectivity index (χ3n) is 3.15. The van der Waals surface area contributed by atoms with Crippen molar-refractivity contribution in [2.45, 2.75) is 19.4 Å². The molecule has 8 heteroatoms. The number of anilines is 2. The highest BCUT2D eigenvalue weighted by Crippen LogP contribution is 2.28. The molecule has 6 nitrogen and oxygen atoms in total. The first-order valence-corrected chi connectivity index (χ1v) is 8.74. The predicted molar refractivity (Wildman–Crippen MR) is 79.4 cm³/mol. The second-order valence-electron chi connectivity index (χ2n) is 4.56. The summed E-state index contributed by atoms with van der Waals surface area (Å²) in [5.41, 5.74) is 0. The van der Waals surface area contributed by atoms with E-state index < -0.39 is 9.84 Å². The zero-order chi connectivity index (χ0) is 14.0. The van der Waals surface area contributed by atoms with Gasteiger partial charge in [-0.15, -0.1) is 0 Å². The van der Waals surface area contributed by atoms with Crippen LogP contribution in [0.3, 0.4) is 0 Å². The standard InChI is InChI=1S/C11H17BrN4O2S/c1-3-13-11-14-6-9(12)10(15-11)16(2)8-4-5-19(17,18)7-8/h6,8H,3-5,7H2,1-2H3,(H,13,14,15). The molecule has 1 saturated heterocycles. The lowest BCUT2D eigenvalue weighted by atomic mass is 10.2. The van der Waals surface area contributed by atoms with E-state index in [1.54, 1.807) is 6.20 Å². The van der Waals surface area contributed by atoms with Crippen molar-refractivity contribution in [3.63, 3.8) is 0 Å². The van der Waals surface area contributed by atoms with Gasteiger partial charge in [-0.25, -0.2) is 13.4 Å². The molecule has 0 aromatic carbocycles. The van der Waals surface area contributed by atoms with Crippen LogP contribution in [0, 0.1) is 0 Å². The van der Waals surface area contributed by atoms with Crippen LogP contribution in [0.4, 0.5) is 11.8 Å². The van der Waals surface area contributed by atoms with Crippen molar-refractivity contribution < 1.29 is 8.42 Å². The molecule has 1 fully saturated rings. The van der Waals surface area contributed by atoms with Gasteiger partial charge in [-0.1, -0.05) is 0 Å². The van der Waals surface area contributed by atoms with E-state index in [-0.39, 0.29) is 17.5 Å². The van der Waals surface area contributed by atoms with Crippen LogP contribution >= 0.6 is 15.9 Å². The topological polar surface area (TPSA) is 75.2 Å². The first kappa shape index (κ1) is 14.5. The minimum Gasteiger partial charge on any atom is -0.355 e. The summed E-state index contributed by atoms with van der Waals surface area (Å²) in [7, 11) is -1.03. The van der Waals surface area contributed by atoms with E-state index in [4.69, 9.17) is 0 Å². The Hall–Kier alpha value is -0.890. The average Bonchev–Trinajstić information content (AvgIpc) is 2.72. The minimum absolute atomic E-state index is 0.0225. The monoisotopic (exact) mass is 348 g/mol. The van der Waals surface area contributed by atoms with Gasteiger partial charge in [-0.3, -0.25) is 0 Å². The summed E-state index contributed by atoms with van der Waals surface area (Å²) in [6.45, 7) is 2.71. The van der Waals surface area contributed by atoms with E-state index in [0.29, 0.717) is 18.2 Å². The zero-order valence-corrected chi connectivity index (χ0v) is 13.3. The molecule has 0 amide bonds. The fourth-order valence-electron chi connectivity index (χ4n) is 2.10. The maximum absolute atomic E-state index is 11.5. The fraction of sp³-hybridized carbons (Fsp3) is 0.636. The summed E-state index contributed by atoms with van der Waals surface area (Å²) in [6.07, 6.45) is 2.33. The molecule has 0 radical (unpaired) electrons. The Labute approximate surface area is 121 Å². The fourth-order valence-corrected chi connectivity index (χ4v) is 4.35. The lowest BCUT2D eigenvalue weighted by molar-refractivity contribution is 0.600. The molecule has 0 saturated carbocycles. The van der Waals surface area contributed by atoms with Crippen molar-refractivity contribution in [3.8, 4) is 0 Å². The molecule has 2 heterocycles. The molecule has 1 N–H and O–H groups in total. The number of nitrogens with zero attached hydrogens (tertiary/aromatic N) is 3. The van der Waals surface area contributed by atoms with Gasteiger partial charge in [0.1, 0.15) is 5.82 Å². The minimum atomic E-state index is -2.90. The third-order valence-corrected chi connectivity index (χ3v) is 5.46. The maximum Gasteiger partial charge on any atom is 0.224 e. The second-order valence-corrected chi connectivity index (χ2v) is 7.65. The number of halogens is 1. The van der Waals surface area contributed by atoms with Crippen LogP contribution in [0.2, 0.25) is 0 Å². The van der Waals surface area contributed by atoms with Crippen LogP contribution in [0.1, 0.15) is 13.3 Å². The highest BCUT2D eigenvalue weighted by Gasteiger charge is 2.32. The normalized spacial score (nSPS) is 21.3. The third kappa shape index (κ3) is 3.36. The van der Waals surface area contributed by atoms with Gasteiger partial charge in [0.15, 0.2) is 9.84 Å². The van der Waals surface area contributed by atoms with E-state index >= 15 is 0 Å². The summed E-state index contributed by atoms with van der Waals surface area (Å²) in [6, 6.07) is -0.0225. The van der Waals surface area contributed by atoms with Crippen molar-refractivity contribution in [2.24, 2.45) is 0 Å². The van der Waals surface area contributed by atoms with E-state index in [0.717, 1.165) is 11.0 Å². The van der Waals surface area contributed by atoms with E-state index in [1.807, 2.05) is 18.9 Å². The number of aromatic nitrogens is 2. The SMILES string of the molecule is CCNc1ncc(Br)c(N(C)C2CCS(=O)(=O)C2)n1. The molecule has 0 bridgehead atoms. The van der Waals surface area contributed by atoms with Crippen LogP contribution < -0.4 is 10.2 Å². The second kappa shape index (κ2) is 5.62. The Morgan fingerprint density at radius 3 is 2.89 bits per heavy atom. The van der Waals surface area contributed by atoms with Gasteiger partial charge in [-0.05, 0) is 29.3 Å². The van der Waals surface area contributed by atoms with Crippen molar-refractivity contribution in [2.75, 3.05) is 35.3 Å². The molecule has 19 heavy (non-hydrogen) atoms. The van der Waals surface area contributed by atoms with Crippen molar-refractivity contribution in [1.29, 1.82) is 0 Å². The lowest BCUT2D eigenvalue weighted by Crippen LogP contribution is -2.33. The Bertz CT molecular complexity index is 564. The highest BCUT2D eigenvalue weighted by molar-refractivity contribution is 9.10. The van der Waals surface area contributed by atoms with Gasteiger partial charge in [0.2, 0.25) is 5.95 Å². The van der Waals surface area contributed by atoms with E-state index in [2.05, 4.69) is 31.2 Å². The molecule has 1 aromatic rings. The van der Waals surface area contributed by atoms with E-state index in [1.165, 1.54) is 0 Å². The van der Waals surface area contributed by atoms with Gasteiger partial charge >= 0.3 is 0 Å². The number of hydrogen-bond donors (Lipinski definition) is 1. The quantitative estimate of drug-likeness (QED) is 0.883. The molecule has 1 unspecified atom stereocenters. The first-order valence-electron chi connectivity index (χ1n) is 6.12. The average molecular weight is 349 g/mol. The van der Waals surface area contributed by atoms with Gasteiger partial charge < -0.3 is 10.2 Å². The number of nitrogens with one attached hydrogen (secondary N) is 1. The van der Waals surface area contributed by atoms with Crippen molar-refractivity contribution in [1.82, 2.24) is 9.97 Å². The van der Waals surface area contributed by atoms with Gasteiger partial charge in [0.05, 0.1) is 16.0 Å². The molecule has 0 spiro atoms. The summed E-state index contributed by atoms with van der Waals surface area (Å²) >= 11 is 3.41. The smallest absolute Gasteiger partial charge is 0.224 e. The van der Waals surface area contributed by atoms with Crippen LogP contribution in [-0.4, -0.2) is 49.5 Å². The predicted octanol–water partition coefficient (Wildman–Crippen LogP) is 1.29. The molecule has 0 aliphatic carbocycles. The summed E-state index contributed by atoms with van der Waals surface area (Å²) in [5, 5.41) is 3.05. The Balaban J connectivity index is 2.23. The van der Waals surface area contributed by atoms with Crippen LogP contribution in [-0.2, 0) is 9.84 Å². The highest BCUT2D eigenvalue weighted by atomic mass is 79.9. The van der Waals surface area contributed by atoms with Crippen LogP contribution in [0.5, 0.6) is 0 Å². The largest absolute Gasteiger partial charge is 0.355 e. The van der Waals surface area contributed by atoms with Gasteiger partial charge in [-0.2, -0.15) is 4.98 Å². The van der Waals surface area contributed by atoms with Crippen LogP contribution in [0.25, 0.3) is 0 Å². The lowest BCUT2D eigenvalue weighted by Gasteiger charge is -2.25. The molecule has 1 aliphatic heterocycles. The summed E-state index contributed by atoms with van der Waals surface area (Å²) in [5.74, 6) is 1.71. The summed E-state index contributed by atoms with van der Waals surface area (Å²) < 4.78 is 23.9. The zero-order valence-electron chi connectivity index (χ0n) is 10.9. The molecule has 1 aliphatic rings. The molecular weight excluding hydrogens is 332 g/mol. The van der Waals surface area contributed by atoms with Crippen LogP contribution in [0.15, 0.2) is 10.7 Å². The molecular formula is C11H17BrN4O2S. The molecule has 1 atom stereocenters.